The topological polar surface area (TPSA) is 95.6 Å². The molecule has 0 saturated carbocycles. The number of hydrogen-bond donors (Lipinski definition) is 2. The van der Waals surface area contributed by atoms with Crippen LogP contribution in [0.15, 0.2) is 29.2 Å². The van der Waals surface area contributed by atoms with Crippen molar-refractivity contribution in [2.75, 3.05) is 13.1 Å². The normalized spacial score (nSPS) is 16.5. The van der Waals surface area contributed by atoms with Crippen LogP contribution in [0.5, 0.6) is 0 Å². The summed E-state index contributed by atoms with van der Waals surface area (Å²) in [5, 5.41) is 3.00. The summed E-state index contributed by atoms with van der Waals surface area (Å²) in [5.74, 6) is 0.315. The molecular weight excluding hydrogens is 414 g/mol. The van der Waals surface area contributed by atoms with Crippen LogP contribution in [0.3, 0.4) is 0 Å². The van der Waals surface area contributed by atoms with Crippen molar-refractivity contribution >= 4 is 21.8 Å². The smallest absolute Gasteiger partial charge is 0.241 e. The molecule has 0 aliphatic carbocycles. The second-order valence-electron chi connectivity index (χ2n) is 9.38. The van der Waals surface area contributed by atoms with Crippen LogP contribution in [0.25, 0.3) is 0 Å². The van der Waals surface area contributed by atoms with E-state index in [1.807, 2.05) is 39.5 Å². The monoisotopic (exact) mass is 451 g/mol. The highest BCUT2D eigenvalue weighted by atomic mass is 32.2. The van der Waals surface area contributed by atoms with Crippen LogP contribution in [-0.4, -0.2) is 50.3 Å². The Labute approximate surface area is 187 Å². The van der Waals surface area contributed by atoms with Crippen LogP contribution in [-0.2, 0) is 19.6 Å². The number of sulfonamides is 1. The van der Waals surface area contributed by atoms with Gasteiger partial charge in [-0.15, -0.1) is 0 Å². The Bertz CT molecular complexity index is 842. The molecule has 1 saturated heterocycles. The molecule has 2 amide bonds. The number of hydrogen-bond acceptors (Lipinski definition) is 4. The quantitative estimate of drug-likeness (QED) is 0.603. The Hall–Kier alpha value is -1.93. The first kappa shape index (κ1) is 25.3. The summed E-state index contributed by atoms with van der Waals surface area (Å²) in [5.41, 5.74) is 0.966. The number of piperidine rings is 1. The molecule has 1 aliphatic rings. The molecule has 174 valence electrons. The molecule has 0 bridgehead atoms. The van der Waals surface area contributed by atoms with Crippen molar-refractivity contribution < 1.29 is 18.0 Å². The number of benzene rings is 1. The maximum Gasteiger partial charge on any atom is 0.241 e. The molecule has 31 heavy (non-hydrogen) atoms. The van der Waals surface area contributed by atoms with Crippen LogP contribution >= 0.6 is 0 Å². The highest BCUT2D eigenvalue weighted by molar-refractivity contribution is 7.89. The summed E-state index contributed by atoms with van der Waals surface area (Å²) in [7, 11) is -3.80. The average molecular weight is 452 g/mol. The van der Waals surface area contributed by atoms with Gasteiger partial charge in [0.25, 0.3) is 0 Å². The Balaban J connectivity index is 1.99. The number of nitrogens with zero attached hydrogens (tertiary/aromatic N) is 1. The number of carbonyl (C=O) groups is 2. The third-order valence-corrected chi connectivity index (χ3v) is 6.92. The lowest BCUT2D eigenvalue weighted by Gasteiger charge is -2.33. The molecule has 8 heteroatoms. The summed E-state index contributed by atoms with van der Waals surface area (Å²) in [6, 6.07) is 5.67. The number of amides is 2. The van der Waals surface area contributed by atoms with Crippen molar-refractivity contribution in [2.24, 2.45) is 11.8 Å². The minimum absolute atomic E-state index is 0.0610. The Kier molecular flexibility index (Phi) is 9.06. The predicted molar refractivity (Wildman–Crippen MR) is 122 cm³/mol. The highest BCUT2D eigenvalue weighted by Crippen LogP contribution is 2.16. The number of rotatable bonds is 9. The molecule has 1 fully saturated rings. The zero-order valence-corrected chi connectivity index (χ0v) is 20.2. The fourth-order valence-electron chi connectivity index (χ4n) is 3.71. The lowest BCUT2D eigenvalue weighted by molar-refractivity contribution is -0.133. The fourth-order valence-corrected chi connectivity index (χ4v) is 4.91. The van der Waals surface area contributed by atoms with Gasteiger partial charge in [-0.05, 0) is 50.2 Å². The van der Waals surface area contributed by atoms with E-state index in [9.17, 15) is 18.0 Å². The zero-order valence-electron chi connectivity index (χ0n) is 19.3. The largest absolute Gasteiger partial charge is 0.352 e. The third kappa shape index (κ3) is 7.92. The second kappa shape index (κ2) is 11.1. The van der Waals surface area contributed by atoms with Crippen molar-refractivity contribution in [3.63, 3.8) is 0 Å². The van der Waals surface area contributed by atoms with Gasteiger partial charge in [0.05, 0.1) is 4.90 Å². The number of likely N-dealkylation sites (tertiary alicyclic amines) is 1. The molecule has 2 N–H and O–H groups in total. The van der Waals surface area contributed by atoms with Gasteiger partial charge in [-0.2, -0.15) is 4.72 Å². The third-order valence-electron chi connectivity index (χ3n) is 5.43. The van der Waals surface area contributed by atoms with Gasteiger partial charge in [0.2, 0.25) is 21.8 Å². The van der Waals surface area contributed by atoms with Gasteiger partial charge >= 0.3 is 0 Å². The van der Waals surface area contributed by atoms with Gasteiger partial charge < -0.3 is 10.2 Å². The van der Waals surface area contributed by atoms with Gasteiger partial charge in [0.1, 0.15) is 6.04 Å². The summed E-state index contributed by atoms with van der Waals surface area (Å²) in [4.78, 5) is 27.2. The molecule has 2 rings (SSSR count). The zero-order chi connectivity index (χ0) is 23.2. The van der Waals surface area contributed by atoms with E-state index in [1.165, 1.54) is 0 Å². The molecule has 1 atom stereocenters. The molecule has 1 aromatic carbocycles. The fraction of sp³-hybridized carbons (Fsp3) is 0.652. The van der Waals surface area contributed by atoms with Crippen molar-refractivity contribution in [2.45, 2.75) is 77.3 Å². The van der Waals surface area contributed by atoms with Crippen molar-refractivity contribution in [1.82, 2.24) is 14.9 Å². The van der Waals surface area contributed by atoms with E-state index in [4.69, 9.17) is 0 Å². The maximum atomic E-state index is 13.0. The first-order valence-electron chi connectivity index (χ1n) is 11.1. The average Bonchev–Trinajstić information content (AvgIpc) is 2.67. The summed E-state index contributed by atoms with van der Waals surface area (Å²) >= 11 is 0. The molecule has 1 unspecified atom stereocenters. The van der Waals surface area contributed by atoms with E-state index in [1.54, 1.807) is 24.3 Å². The van der Waals surface area contributed by atoms with Gasteiger partial charge in [-0.3, -0.25) is 9.59 Å². The first-order valence-corrected chi connectivity index (χ1v) is 12.6. The molecule has 7 nitrogen and oxygen atoms in total. The Morgan fingerprint density at radius 1 is 1.03 bits per heavy atom. The van der Waals surface area contributed by atoms with Gasteiger partial charge in [0, 0.05) is 25.6 Å². The minimum atomic E-state index is -3.80. The predicted octanol–water partition coefficient (Wildman–Crippen LogP) is 2.84. The molecule has 1 aromatic rings. The molecule has 1 heterocycles. The first-order chi connectivity index (χ1) is 14.5. The number of carbonyl (C=O) groups excluding carboxylic acids is 2. The van der Waals surface area contributed by atoms with Crippen LogP contribution in [0.1, 0.15) is 58.9 Å². The molecular formula is C23H37N3O4S. The van der Waals surface area contributed by atoms with E-state index in [-0.39, 0.29) is 28.7 Å². The summed E-state index contributed by atoms with van der Waals surface area (Å²) < 4.78 is 28.2. The van der Waals surface area contributed by atoms with E-state index in [0.717, 1.165) is 5.56 Å². The van der Waals surface area contributed by atoms with Gasteiger partial charge in [0.15, 0.2) is 0 Å². The standard InChI is InChI=1S/C23H37N3O4S/c1-16(2)14-21(25-31(29,30)20-8-6-18(5)7-9-20)23(28)24-19-10-12-26(13-11-19)22(27)15-17(3)4/h6-9,16-17,19,21,25H,10-15H2,1-5H3,(H,24,28). The van der Waals surface area contributed by atoms with Crippen molar-refractivity contribution in [3.05, 3.63) is 29.8 Å². The lowest BCUT2D eigenvalue weighted by atomic mass is 10.0. The van der Waals surface area contributed by atoms with Crippen molar-refractivity contribution in [1.29, 1.82) is 0 Å². The van der Waals surface area contributed by atoms with Crippen LogP contribution in [0.2, 0.25) is 0 Å². The molecule has 0 aromatic heterocycles. The van der Waals surface area contributed by atoms with Gasteiger partial charge in [-0.1, -0.05) is 45.4 Å². The summed E-state index contributed by atoms with van der Waals surface area (Å²) in [6.45, 7) is 11.1. The Morgan fingerprint density at radius 2 is 1.61 bits per heavy atom. The molecule has 0 radical (unpaired) electrons. The van der Waals surface area contributed by atoms with Crippen LogP contribution in [0.4, 0.5) is 0 Å². The van der Waals surface area contributed by atoms with E-state index in [0.29, 0.717) is 44.7 Å². The SMILES string of the molecule is Cc1ccc(S(=O)(=O)NC(CC(C)C)C(=O)NC2CCN(C(=O)CC(C)C)CC2)cc1. The van der Waals surface area contributed by atoms with Crippen LogP contribution < -0.4 is 10.0 Å². The number of aryl methyl sites for hydroxylation is 1. The Morgan fingerprint density at radius 3 is 2.13 bits per heavy atom. The lowest BCUT2D eigenvalue weighted by Crippen LogP contribution is -2.53. The van der Waals surface area contributed by atoms with E-state index in [2.05, 4.69) is 10.0 Å². The molecule has 1 aliphatic heterocycles. The van der Waals surface area contributed by atoms with E-state index >= 15 is 0 Å². The minimum Gasteiger partial charge on any atom is -0.352 e. The van der Waals surface area contributed by atoms with E-state index < -0.39 is 16.1 Å². The van der Waals surface area contributed by atoms with Crippen molar-refractivity contribution in [3.8, 4) is 0 Å². The maximum absolute atomic E-state index is 13.0. The van der Waals surface area contributed by atoms with Gasteiger partial charge in [-0.25, -0.2) is 8.42 Å². The second-order valence-corrected chi connectivity index (χ2v) is 11.1. The molecule has 0 spiro atoms. The highest BCUT2D eigenvalue weighted by Gasteiger charge is 2.30. The van der Waals surface area contributed by atoms with Crippen LogP contribution in [0, 0.1) is 18.8 Å². The summed E-state index contributed by atoms with van der Waals surface area (Å²) in [6.07, 6.45) is 2.29. The number of nitrogens with one attached hydrogen (secondary N) is 2.